The standard InChI is InChI=1S/C11H20N4O3S/c1-2-14-9-11(7-10(14)8-12)19(16,17)13-15-3-5-18-6-4-15/h7,9,13H,2-6,8,12H2,1H3. The van der Waals surface area contributed by atoms with Gasteiger partial charge in [0.2, 0.25) is 0 Å². The Morgan fingerprint density at radius 1 is 1.42 bits per heavy atom. The van der Waals surface area contributed by atoms with Crippen molar-refractivity contribution in [2.75, 3.05) is 26.3 Å². The molecule has 2 heterocycles. The van der Waals surface area contributed by atoms with E-state index in [0.717, 1.165) is 5.69 Å². The monoisotopic (exact) mass is 288 g/mol. The average molecular weight is 288 g/mol. The molecule has 1 fully saturated rings. The molecule has 0 spiro atoms. The van der Waals surface area contributed by atoms with Crippen LogP contribution in [0, 0.1) is 0 Å². The smallest absolute Gasteiger partial charge is 0.254 e. The number of hydrogen-bond acceptors (Lipinski definition) is 5. The second-order valence-electron chi connectivity index (χ2n) is 4.35. The van der Waals surface area contributed by atoms with Gasteiger partial charge in [-0.25, -0.2) is 13.4 Å². The van der Waals surface area contributed by atoms with Gasteiger partial charge in [-0.1, -0.05) is 0 Å². The Morgan fingerprint density at radius 3 is 2.63 bits per heavy atom. The predicted octanol–water partition coefficient (Wildman–Crippen LogP) is -0.508. The maximum Gasteiger partial charge on any atom is 0.254 e. The van der Waals surface area contributed by atoms with E-state index in [-0.39, 0.29) is 4.90 Å². The van der Waals surface area contributed by atoms with Crippen molar-refractivity contribution in [1.82, 2.24) is 14.4 Å². The molecule has 1 saturated heterocycles. The first kappa shape index (κ1) is 14.5. The molecule has 108 valence electrons. The molecule has 7 nitrogen and oxygen atoms in total. The van der Waals surface area contributed by atoms with Gasteiger partial charge in [0.1, 0.15) is 4.90 Å². The number of morpholine rings is 1. The normalized spacial score (nSPS) is 17.8. The minimum Gasteiger partial charge on any atom is -0.379 e. The van der Waals surface area contributed by atoms with Gasteiger partial charge < -0.3 is 15.0 Å². The summed E-state index contributed by atoms with van der Waals surface area (Å²) in [5.74, 6) is 0. The lowest BCUT2D eigenvalue weighted by Crippen LogP contribution is -2.48. The molecule has 3 N–H and O–H groups in total. The first-order valence-electron chi connectivity index (χ1n) is 6.31. The molecule has 0 radical (unpaired) electrons. The van der Waals surface area contributed by atoms with Crippen LogP contribution < -0.4 is 10.6 Å². The van der Waals surface area contributed by atoms with Crippen LogP contribution in [0.2, 0.25) is 0 Å². The number of nitrogens with one attached hydrogen (secondary N) is 1. The number of aromatic nitrogens is 1. The highest BCUT2D eigenvalue weighted by atomic mass is 32.2. The summed E-state index contributed by atoms with van der Waals surface area (Å²) in [4.78, 5) is 2.82. The molecule has 1 aromatic rings. The lowest BCUT2D eigenvalue weighted by molar-refractivity contribution is 0.0272. The lowest BCUT2D eigenvalue weighted by Gasteiger charge is -2.26. The van der Waals surface area contributed by atoms with Crippen molar-refractivity contribution in [3.8, 4) is 0 Å². The van der Waals surface area contributed by atoms with E-state index in [1.54, 1.807) is 17.3 Å². The van der Waals surface area contributed by atoms with E-state index < -0.39 is 10.0 Å². The SMILES string of the molecule is CCn1cc(S(=O)(=O)NN2CCOCC2)cc1CN. The van der Waals surface area contributed by atoms with Crippen LogP contribution >= 0.6 is 0 Å². The third kappa shape index (κ3) is 3.34. The summed E-state index contributed by atoms with van der Waals surface area (Å²) in [6.07, 6.45) is 1.62. The molecule has 1 aromatic heterocycles. The summed E-state index contributed by atoms with van der Waals surface area (Å²) in [5.41, 5.74) is 6.41. The average Bonchev–Trinajstić information content (AvgIpc) is 2.83. The lowest BCUT2D eigenvalue weighted by atomic mass is 10.4. The van der Waals surface area contributed by atoms with Gasteiger partial charge in [0.15, 0.2) is 0 Å². The highest BCUT2D eigenvalue weighted by Gasteiger charge is 2.22. The highest BCUT2D eigenvalue weighted by Crippen LogP contribution is 2.14. The number of hydrogen-bond donors (Lipinski definition) is 2. The van der Waals surface area contributed by atoms with Gasteiger partial charge in [-0.15, -0.1) is 4.83 Å². The molecule has 0 amide bonds. The van der Waals surface area contributed by atoms with Crippen LogP contribution in [0.1, 0.15) is 12.6 Å². The predicted molar refractivity (Wildman–Crippen MR) is 70.7 cm³/mol. The van der Waals surface area contributed by atoms with Crippen LogP contribution in [-0.4, -0.2) is 44.3 Å². The second kappa shape index (κ2) is 6.02. The zero-order valence-electron chi connectivity index (χ0n) is 11.0. The van der Waals surface area contributed by atoms with E-state index in [2.05, 4.69) is 4.83 Å². The highest BCUT2D eigenvalue weighted by molar-refractivity contribution is 7.89. The van der Waals surface area contributed by atoms with Crippen molar-refractivity contribution < 1.29 is 13.2 Å². The molecular formula is C11H20N4O3S. The van der Waals surface area contributed by atoms with Crippen LogP contribution in [0.5, 0.6) is 0 Å². The van der Waals surface area contributed by atoms with E-state index in [1.807, 2.05) is 11.5 Å². The van der Waals surface area contributed by atoms with Crippen molar-refractivity contribution in [2.24, 2.45) is 5.73 Å². The van der Waals surface area contributed by atoms with Gasteiger partial charge in [0, 0.05) is 38.1 Å². The van der Waals surface area contributed by atoms with E-state index in [9.17, 15) is 8.42 Å². The Balaban J connectivity index is 2.16. The fourth-order valence-electron chi connectivity index (χ4n) is 2.02. The maximum atomic E-state index is 12.3. The van der Waals surface area contributed by atoms with Crippen LogP contribution in [0.15, 0.2) is 17.2 Å². The van der Waals surface area contributed by atoms with Gasteiger partial charge in [-0.2, -0.15) is 0 Å². The molecule has 0 atom stereocenters. The van der Waals surface area contributed by atoms with Crippen LogP contribution in [0.3, 0.4) is 0 Å². The Morgan fingerprint density at radius 2 is 2.11 bits per heavy atom. The number of hydrazine groups is 1. The van der Waals surface area contributed by atoms with Crippen molar-refractivity contribution in [3.63, 3.8) is 0 Å². The third-order valence-corrected chi connectivity index (χ3v) is 4.42. The summed E-state index contributed by atoms with van der Waals surface area (Å²) in [5, 5.41) is 1.66. The van der Waals surface area contributed by atoms with Crippen molar-refractivity contribution in [3.05, 3.63) is 18.0 Å². The van der Waals surface area contributed by atoms with E-state index in [1.165, 1.54) is 0 Å². The van der Waals surface area contributed by atoms with Gasteiger partial charge in [0.05, 0.1) is 13.2 Å². The van der Waals surface area contributed by atoms with Gasteiger partial charge in [0.25, 0.3) is 10.0 Å². The summed E-state index contributed by atoms with van der Waals surface area (Å²) in [6.45, 7) is 5.14. The van der Waals surface area contributed by atoms with E-state index in [0.29, 0.717) is 39.4 Å². The van der Waals surface area contributed by atoms with Gasteiger partial charge in [-0.05, 0) is 13.0 Å². The zero-order valence-corrected chi connectivity index (χ0v) is 11.8. The fourth-order valence-corrected chi connectivity index (χ4v) is 3.20. The fraction of sp³-hybridized carbons (Fsp3) is 0.636. The molecular weight excluding hydrogens is 268 g/mol. The van der Waals surface area contributed by atoms with Crippen LogP contribution in [0.4, 0.5) is 0 Å². The van der Waals surface area contributed by atoms with Crippen LogP contribution in [-0.2, 0) is 27.8 Å². The van der Waals surface area contributed by atoms with Gasteiger partial charge >= 0.3 is 0 Å². The molecule has 19 heavy (non-hydrogen) atoms. The number of ether oxygens (including phenoxy) is 1. The molecule has 2 rings (SSSR count). The molecule has 0 bridgehead atoms. The van der Waals surface area contributed by atoms with Crippen LogP contribution in [0.25, 0.3) is 0 Å². The zero-order chi connectivity index (χ0) is 13.9. The number of nitrogens with zero attached hydrogens (tertiary/aromatic N) is 2. The Hall–Kier alpha value is -0.930. The van der Waals surface area contributed by atoms with E-state index in [4.69, 9.17) is 10.5 Å². The minimum absolute atomic E-state index is 0.251. The molecule has 1 aliphatic heterocycles. The quantitative estimate of drug-likeness (QED) is 0.762. The summed E-state index contributed by atoms with van der Waals surface area (Å²) in [6, 6.07) is 1.62. The van der Waals surface area contributed by atoms with E-state index >= 15 is 0 Å². The number of sulfonamides is 1. The summed E-state index contributed by atoms with van der Waals surface area (Å²) in [7, 11) is -3.54. The largest absolute Gasteiger partial charge is 0.379 e. The van der Waals surface area contributed by atoms with Crippen molar-refractivity contribution >= 4 is 10.0 Å². The molecule has 0 unspecified atom stereocenters. The molecule has 1 aliphatic rings. The number of nitrogens with two attached hydrogens (primary N) is 1. The Kier molecular flexibility index (Phi) is 4.58. The summed E-state index contributed by atoms with van der Waals surface area (Å²) < 4.78 is 31.5. The molecule has 0 aliphatic carbocycles. The molecule has 0 saturated carbocycles. The Labute approximate surface area is 113 Å². The number of rotatable bonds is 5. The molecule has 0 aromatic carbocycles. The molecule has 8 heteroatoms. The van der Waals surface area contributed by atoms with Crippen molar-refractivity contribution in [1.29, 1.82) is 0 Å². The van der Waals surface area contributed by atoms with Gasteiger partial charge in [-0.3, -0.25) is 0 Å². The minimum atomic E-state index is -3.54. The summed E-state index contributed by atoms with van der Waals surface area (Å²) >= 11 is 0. The third-order valence-electron chi connectivity index (χ3n) is 3.08. The Bertz CT molecular complexity index is 499. The number of aryl methyl sites for hydroxylation is 1. The first-order chi connectivity index (χ1) is 9.06. The second-order valence-corrected chi connectivity index (χ2v) is 6.01. The first-order valence-corrected chi connectivity index (χ1v) is 7.79. The van der Waals surface area contributed by atoms with Crippen molar-refractivity contribution in [2.45, 2.75) is 24.9 Å². The topological polar surface area (TPSA) is 89.6 Å². The maximum absolute atomic E-state index is 12.3.